The van der Waals surface area contributed by atoms with Crippen molar-refractivity contribution >= 4 is 6.09 Å². The summed E-state index contributed by atoms with van der Waals surface area (Å²) in [7, 11) is 0. The fourth-order valence-corrected chi connectivity index (χ4v) is 3.85. The lowest BCUT2D eigenvalue weighted by atomic mass is 9.78. The minimum absolute atomic E-state index is 0.0605. The molecule has 3 rings (SSSR count). The molecule has 174 valence electrons. The van der Waals surface area contributed by atoms with Gasteiger partial charge in [-0.1, -0.05) is 0 Å². The van der Waals surface area contributed by atoms with Crippen LogP contribution in [0.25, 0.3) is 0 Å². The van der Waals surface area contributed by atoms with Crippen molar-refractivity contribution in [1.82, 2.24) is 10.6 Å². The van der Waals surface area contributed by atoms with Gasteiger partial charge in [-0.15, -0.1) is 0 Å². The van der Waals surface area contributed by atoms with Crippen LogP contribution in [-0.4, -0.2) is 36.4 Å². The van der Waals surface area contributed by atoms with Gasteiger partial charge in [0.1, 0.15) is 6.10 Å². The van der Waals surface area contributed by atoms with E-state index in [1.54, 1.807) is 6.92 Å². The van der Waals surface area contributed by atoms with Gasteiger partial charge in [0, 0.05) is 12.1 Å². The minimum Gasteiger partial charge on any atom is -0.444 e. The molecule has 2 heterocycles. The molecule has 5 nitrogen and oxygen atoms in total. The molecule has 0 bridgehead atoms. The number of carbonyl (C=O) groups is 1. The zero-order chi connectivity index (χ0) is 23.2. The maximum atomic E-state index is 13.1. The first-order chi connectivity index (χ1) is 14.1. The number of cyclic esters (lactones) is 1. The van der Waals surface area contributed by atoms with Crippen molar-refractivity contribution in [2.75, 3.05) is 13.2 Å². The number of rotatable bonds is 4. The van der Waals surface area contributed by atoms with Gasteiger partial charge in [-0.3, -0.25) is 0 Å². The largest absolute Gasteiger partial charge is 0.444 e. The molecule has 1 aromatic rings. The van der Waals surface area contributed by atoms with Gasteiger partial charge in [0.15, 0.2) is 0 Å². The number of piperidine rings is 1. The standard InChI is InChI=1S/C20H24F6N2O3/c1-11(13-6-14(19(21,22)23)8-15(7-13)20(24,25)26)30-10-17(3)4-5-18(9-27-17)12(2)31-16(29)28-18/h6-8,11-12,27H,4-5,9-10H2,1-3H3,(H,28,29)/t11-,12?,17-,18?/m1/s1. The van der Waals surface area contributed by atoms with Gasteiger partial charge in [0.2, 0.25) is 0 Å². The highest BCUT2D eigenvalue weighted by atomic mass is 19.4. The Morgan fingerprint density at radius 2 is 1.71 bits per heavy atom. The summed E-state index contributed by atoms with van der Waals surface area (Å²) in [6, 6.07) is 1.45. The number of ether oxygens (including phenoxy) is 2. The van der Waals surface area contributed by atoms with Crippen LogP contribution in [0, 0.1) is 0 Å². The lowest BCUT2D eigenvalue weighted by Gasteiger charge is -2.44. The SMILES string of the molecule is CC1OC(=O)NC12CC[C@](C)(CO[C@H](C)c1cc(C(F)(F)F)cc(C(F)(F)F)c1)NC2. The second-order valence-electron chi connectivity index (χ2n) is 8.54. The van der Waals surface area contributed by atoms with Gasteiger partial charge >= 0.3 is 18.4 Å². The number of halogens is 6. The normalized spacial score (nSPS) is 30.2. The van der Waals surface area contributed by atoms with Crippen LogP contribution in [0.1, 0.15) is 56.4 Å². The van der Waals surface area contributed by atoms with Gasteiger partial charge in [-0.05, 0) is 57.4 Å². The fourth-order valence-electron chi connectivity index (χ4n) is 3.85. The first-order valence-corrected chi connectivity index (χ1v) is 9.78. The number of nitrogens with one attached hydrogen (secondary N) is 2. The number of alkyl carbamates (subject to hydrolysis) is 1. The topological polar surface area (TPSA) is 59.6 Å². The van der Waals surface area contributed by atoms with E-state index < -0.39 is 46.8 Å². The molecule has 0 aromatic heterocycles. The monoisotopic (exact) mass is 454 g/mol. The van der Waals surface area contributed by atoms with E-state index >= 15 is 0 Å². The van der Waals surface area contributed by atoms with Crippen molar-refractivity contribution in [3.05, 3.63) is 34.9 Å². The van der Waals surface area contributed by atoms with Crippen molar-refractivity contribution in [3.63, 3.8) is 0 Å². The second kappa shape index (κ2) is 7.84. The molecule has 0 radical (unpaired) electrons. The Bertz CT molecular complexity index is 799. The molecule has 4 atom stereocenters. The van der Waals surface area contributed by atoms with E-state index in [9.17, 15) is 31.1 Å². The number of amides is 1. The van der Waals surface area contributed by atoms with E-state index in [2.05, 4.69) is 10.6 Å². The molecule has 1 aromatic carbocycles. The number of benzene rings is 1. The van der Waals surface area contributed by atoms with Crippen molar-refractivity contribution in [3.8, 4) is 0 Å². The van der Waals surface area contributed by atoms with Crippen LogP contribution in [0.15, 0.2) is 18.2 Å². The summed E-state index contributed by atoms with van der Waals surface area (Å²) in [4.78, 5) is 11.5. The summed E-state index contributed by atoms with van der Waals surface area (Å²) in [6.45, 7) is 5.51. The molecule has 2 fully saturated rings. The van der Waals surface area contributed by atoms with Crippen LogP contribution in [0.5, 0.6) is 0 Å². The van der Waals surface area contributed by atoms with Crippen LogP contribution >= 0.6 is 0 Å². The van der Waals surface area contributed by atoms with Crippen molar-refractivity contribution in [2.24, 2.45) is 0 Å². The highest BCUT2D eigenvalue weighted by Gasteiger charge is 2.50. The predicted molar refractivity (Wildman–Crippen MR) is 98.3 cm³/mol. The molecule has 2 unspecified atom stereocenters. The quantitative estimate of drug-likeness (QED) is 0.641. The summed E-state index contributed by atoms with van der Waals surface area (Å²) < 4.78 is 89.3. The van der Waals surface area contributed by atoms with Crippen molar-refractivity contribution < 1.29 is 40.6 Å². The number of alkyl halides is 6. The lowest BCUT2D eigenvalue weighted by Crippen LogP contribution is -2.65. The van der Waals surface area contributed by atoms with Gasteiger partial charge in [-0.2, -0.15) is 26.3 Å². The first-order valence-electron chi connectivity index (χ1n) is 9.78. The fraction of sp³-hybridized carbons (Fsp3) is 0.650. The Labute approximate surface area is 175 Å². The maximum Gasteiger partial charge on any atom is 0.416 e. The Morgan fingerprint density at radius 1 is 1.13 bits per heavy atom. The van der Waals surface area contributed by atoms with E-state index in [1.165, 1.54) is 6.92 Å². The minimum atomic E-state index is -4.91. The molecular formula is C20H24F6N2O3. The summed E-state index contributed by atoms with van der Waals surface area (Å²) in [5, 5.41) is 6.09. The average molecular weight is 454 g/mol. The van der Waals surface area contributed by atoms with Crippen LogP contribution < -0.4 is 10.6 Å². The first kappa shape index (κ1) is 23.6. The number of hydrogen-bond donors (Lipinski definition) is 2. The molecule has 31 heavy (non-hydrogen) atoms. The number of carbonyl (C=O) groups excluding carboxylic acids is 1. The van der Waals surface area contributed by atoms with Gasteiger partial charge in [-0.25, -0.2) is 4.79 Å². The molecule has 2 aliphatic heterocycles. The highest BCUT2D eigenvalue weighted by molar-refractivity contribution is 5.71. The molecule has 11 heteroatoms. The molecule has 2 N–H and O–H groups in total. The molecule has 1 amide bonds. The van der Waals surface area contributed by atoms with E-state index in [0.29, 0.717) is 31.5 Å². The molecule has 2 aliphatic rings. The van der Waals surface area contributed by atoms with Crippen LogP contribution in [0.4, 0.5) is 31.1 Å². The lowest BCUT2D eigenvalue weighted by molar-refractivity contribution is -0.143. The van der Waals surface area contributed by atoms with E-state index in [4.69, 9.17) is 9.47 Å². The molecule has 1 spiro atoms. The van der Waals surface area contributed by atoms with Gasteiger partial charge < -0.3 is 20.1 Å². The zero-order valence-corrected chi connectivity index (χ0v) is 17.2. The third-order valence-electron chi connectivity index (χ3n) is 6.10. The smallest absolute Gasteiger partial charge is 0.416 e. The average Bonchev–Trinajstić information content (AvgIpc) is 2.94. The third-order valence-corrected chi connectivity index (χ3v) is 6.10. The zero-order valence-electron chi connectivity index (χ0n) is 17.2. The van der Waals surface area contributed by atoms with Gasteiger partial charge in [0.05, 0.1) is 29.4 Å². The Hall–Kier alpha value is -2.01. The van der Waals surface area contributed by atoms with Crippen molar-refractivity contribution in [2.45, 2.75) is 69.3 Å². The summed E-state index contributed by atoms with van der Waals surface area (Å²) >= 11 is 0. The highest BCUT2D eigenvalue weighted by Crippen LogP contribution is 2.38. The Morgan fingerprint density at radius 3 is 2.13 bits per heavy atom. The van der Waals surface area contributed by atoms with E-state index in [0.717, 1.165) is 0 Å². The molecule has 0 saturated carbocycles. The molecular weight excluding hydrogens is 430 g/mol. The molecule has 0 aliphatic carbocycles. The predicted octanol–water partition coefficient (Wildman–Crippen LogP) is 4.81. The number of hydrogen-bond acceptors (Lipinski definition) is 4. The van der Waals surface area contributed by atoms with Crippen LogP contribution in [0.2, 0.25) is 0 Å². The van der Waals surface area contributed by atoms with Crippen LogP contribution in [-0.2, 0) is 21.8 Å². The van der Waals surface area contributed by atoms with E-state index in [1.807, 2.05) is 6.92 Å². The van der Waals surface area contributed by atoms with Gasteiger partial charge in [0.25, 0.3) is 0 Å². The third kappa shape index (κ3) is 5.08. The maximum absolute atomic E-state index is 13.1. The molecule has 2 saturated heterocycles. The summed E-state index contributed by atoms with van der Waals surface area (Å²) in [5.41, 5.74) is -4.07. The second-order valence-corrected chi connectivity index (χ2v) is 8.54. The van der Waals surface area contributed by atoms with Crippen molar-refractivity contribution in [1.29, 1.82) is 0 Å². The van der Waals surface area contributed by atoms with E-state index in [-0.39, 0.29) is 24.3 Å². The summed E-state index contributed by atoms with van der Waals surface area (Å²) in [6.07, 6.45) is -10.5. The Kier molecular flexibility index (Phi) is 5.98. The summed E-state index contributed by atoms with van der Waals surface area (Å²) in [5.74, 6) is 0. The Balaban J connectivity index is 1.69. The van der Waals surface area contributed by atoms with Crippen LogP contribution in [0.3, 0.4) is 0 Å².